The summed E-state index contributed by atoms with van der Waals surface area (Å²) in [7, 11) is 5.64. The second-order valence-electron chi connectivity index (χ2n) is 4.84. The van der Waals surface area contributed by atoms with E-state index in [0.717, 1.165) is 18.5 Å². The molecule has 0 aliphatic heterocycles. The van der Waals surface area contributed by atoms with Gasteiger partial charge in [0.25, 0.3) is 0 Å². The highest BCUT2D eigenvalue weighted by molar-refractivity contribution is 6.31. The number of nitrogens with zero attached hydrogens (tertiary/aromatic N) is 3. The Kier molecular flexibility index (Phi) is 2.92. The predicted octanol–water partition coefficient (Wildman–Crippen LogP) is 0.757. The van der Waals surface area contributed by atoms with Crippen LogP contribution in [0.15, 0.2) is 36.8 Å². The second kappa shape index (κ2) is 4.57. The summed E-state index contributed by atoms with van der Waals surface area (Å²) < 4.78 is 1.89. The van der Waals surface area contributed by atoms with Crippen LogP contribution in [0.5, 0.6) is 0 Å². The number of pyridine rings is 1. The minimum absolute atomic E-state index is 0.260. The Morgan fingerprint density at radius 3 is 2.83 bits per heavy atom. The molecule has 1 fully saturated rings. The minimum atomic E-state index is -0.477. The first-order valence-electron chi connectivity index (χ1n) is 6.12. The third-order valence-electron chi connectivity index (χ3n) is 3.58. The van der Waals surface area contributed by atoms with E-state index in [1.54, 1.807) is 12.4 Å². The Labute approximate surface area is 107 Å². The first-order valence-corrected chi connectivity index (χ1v) is 6.12. The Hall–Kier alpha value is -1.62. The molecule has 1 aliphatic carbocycles. The molecular formula is C13H14BN3O. The zero-order valence-electron chi connectivity index (χ0n) is 9.98. The van der Waals surface area contributed by atoms with Gasteiger partial charge in [0.2, 0.25) is 0 Å². The molecule has 2 heterocycles. The lowest BCUT2D eigenvalue weighted by Gasteiger charge is -2.38. The van der Waals surface area contributed by atoms with Crippen molar-refractivity contribution < 1.29 is 5.11 Å². The predicted molar refractivity (Wildman–Crippen MR) is 68.6 cm³/mol. The Balaban J connectivity index is 1.62. The number of hydrogen-bond donors (Lipinski definition) is 1. The number of aliphatic hydroxyl groups is 1. The highest BCUT2D eigenvalue weighted by Crippen LogP contribution is 2.43. The van der Waals surface area contributed by atoms with Crippen molar-refractivity contribution in [2.75, 3.05) is 0 Å². The third kappa shape index (κ3) is 2.06. The van der Waals surface area contributed by atoms with Gasteiger partial charge in [-0.05, 0) is 30.9 Å². The monoisotopic (exact) mass is 239 g/mol. The average molecular weight is 239 g/mol. The number of aliphatic hydroxyl groups excluding tert-OH is 1. The van der Waals surface area contributed by atoms with Crippen molar-refractivity contribution in [2.45, 2.75) is 25.0 Å². The first kappa shape index (κ1) is 11.5. The van der Waals surface area contributed by atoms with E-state index in [2.05, 4.69) is 10.1 Å². The van der Waals surface area contributed by atoms with Gasteiger partial charge in [-0.1, -0.05) is 11.5 Å². The second-order valence-corrected chi connectivity index (χ2v) is 4.84. The highest BCUT2D eigenvalue weighted by atomic mass is 16.3. The molecule has 3 rings (SSSR count). The maximum Gasteiger partial charge on any atom is 0.118 e. The molecule has 2 aromatic rings. The summed E-state index contributed by atoms with van der Waals surface area (Å²) in [6, 6.07) is 5.97. The van der Waals surface area contributed by atoms with Gasteiger partial charge in [0, 0.05) is 18.6 Å². The fraction of sp³-hybridized carbons (Fsp3) is 0.385. The molecule has 1 aliphatic rings. The molecule has 2 radical (unpaired) electrons. The summed E-state index contributed by atoms with van der Waals surface area (Å²) >= 11 is 0. The lowest BCUT2D eigenvalue weighted by atomic mass is 9.76. The largest absolute Gasteiger partial charge is 0.387 e. The first-order chi connectivity index (χ1) is 8.74. The zero-order valence-corrected chi connectivity index (χ0v) is 9.98. The van der Waals surface area contributed by atoms with Gasteiger partial charge in [-0.3, -0.25) is 9.67 Å². The summed E-state index contributed by atoms with van der Waals surface area (Å²) in [5.41, 5.74) is 1.43. The number of aromatic nitrogens is 3. The molecule has 1 atom stereocenters. The van der Waals surface area contributed by atoms with Gasteiger partial charge < -0.3 is 5.11 Å². The van der Waals surface area contributed by atoms with Crippen molar-refractivity contribution in [1.82, 2.24) is 14.8 Å². The van der Waals surface area contributed by atoms with E-state index >= 15 is 0 Å². The maximum absolute atomic E-state index is 10.2. The van der Waals surface area contributed by atoms with Crippen molar-refractivity contribution in [2.24, 2.45) is 5.92 Å². The van der Waals surface area contributed by atoms with Crippen LogP contribution in [0.2, 0.25) is 0 Å². The SMILES string of the molecule is [B]c1cnn(C2CC(C(O)c3ccccn3)C2)c1. The lowest BCUT2D eigenvalue weighted by Crippen LogP contribution is -2.31. The van der Waals surface area contributed by atoms with Crippen molar-refractivity contribution in [3.05, 3.63) is 42.5 Å². The molecule has 0 saturated heterocycles. The fourth-order valence-electron chi connectivity index (χ4n) is 2.45. The Morgan fingerprint density at radius 1 is 1.39 bits per heavy atom. The molecule has 2 aromatic heterocycles. The topological polar surface area (TPSA) is 50.9 Å². The van der Waals surface area contributed by atoms with Gasteiger partial charge in [-0.25, -0.2) is 0 Å². The smallest absolute Gasteiger partial charge is 0.118 e. The normalized spacial score (nSPS) is 24.5. The molecule has 0 amide bonds. The highest BCUT2D eigenvalue weighted by Gasteiger charge is 2.36. The molecule has 4 nitrogen and oxygen atoms in total. The molecule has 1 saturated carbocycles. The summed E-state index contributed by atoms with van der Waals surface area (Å²) in [6.07, 6.45) is 6.56. The van der Waals surface area contributed by atoms with Crippen LogP contribution in [0, 0.1) is 5.92 Å². The van der Waals surface area contributed by atoms with E-state index in [1.165, 1.54) is 0 Å². The van der Waals surface area contributed by atoms with E-state index in [-0.39, 0.29) is 5.92 Å². The van der Waals surface area contributed by atoms with Crippen molar-refractivity contribution in [1.29, 1.82) is 0 Å². The van der Waals surface area contributed by atoms with E-state index in [0.29, 0.717) is 11.5 Å². The van der Waals surface area contributed by atoms with Gasteiger partial charge in [0.15, 0.2) is 0 Å². The van der Waals surface area contributed by atoms with Gasteiger partial charge in [-0.2, -0.15) is 5.10 Å². The van der Waals surface area contributed by atoms with Crippen LogP contribution in [0.4, 0.5) is 0 Å². The molecule has 18 heavy (non-hydrogen) atoms. The van der Waals surface area contributed by atoms with Crippen LogP contribution >= 0.6 is 0 Å². The van der Waals surface area contributed by atoms with Crippen molar-refractivity contribution in [3.63, 3.8) is 0 Å². The summed E-state index contributed by atoms with van der Waals surface area (Å²) in [5, 5.41) is 14.4. The van der Waals surface area contributed by atoms with Crippen LogP contribution in [-0.2, 0) is 0 Å². The molecular weight excluding hydrogens is 225 g/mol. The van der Waals surface area contributed by atoms with Crippen molar-refractivity contribution >= 4 is 13.3 Å². The minimum Gasteiger partial charge on any atom is -0.387 e. The van der Waals surface area contributed by atoms with Crippen LogP contribution in [-0.4, -0.2) is 27.7 Å². The van der Waals surface area contributed by atoms with E-state index < -0.39 is 6.10 Å². The van der Waals surface area contributed by atoms with Crippen LogP contribution < -0.4 is 5.46 Å². The lowest BCUT2D eigenvalue weighted by molar-refractivity contribution is 0.0244. The van der Waals surface area contributed by atoms with Crippen molar-refractivity contribution in [3.8, 4) is 0 Å². The third-order valence-corrected chi connectivity index (χ3v) is 3.58. The Morgan fingerprint density at radius 2 is 2.22 bits per heavy atom. The van der Waals surface area contributed by atoms with Gasteiger partial charge in [0.05, 0.1) is 17.8 Å². The van der Waals surface area contributed by atoms with Gasteiger partial charge in [0.1, 0.15) is 7.85 Å². The van der Waals surface area contributed by atoms with Gasteiger partial charge in [-0.15, -0.1) is 0 Å². The molecule has 0 spiro atoms. The number of hydrogen-bond acceptors (Lipinski definition) is 3. The summed E-state index contributed by atoms with van der Waals surface area (Å²) in [6.45, 7) is 0. The maximum atomic E-state index is 10.2. The van der Waals surface area contributed by atoms with E-state index in [4.69, 9.17) is 7.85 Å². The van der Waals surface area contributed by atoms with Gasteiger partial charge >= 0.3 is 0 Å². The molecule has 90 valence electrons. The molecule has 1 unspecified atom stereocenters. The fourth-order valence-corrected chi connectivity index (χ4v) is 2.45. The molecule has 0 aromatic carbocycles. The average Bonchev–Trinajstić information content (AvgIpc) is 2.75. The summed E-state index contributed by atoms with van der Waals surface area (Å²) in [4.78, 5) is 4.19. The molecule has 5 heteroatoms. The Bertz CT molecular complexity index is 522. The summed E-state index contributed by atoms with van der Waals surface area (Å²) in [5.74, 6) is 0.260. The van der Waals surface area contributed by atoms with Crippen LogP contribution in [0.25, 0.3) is 0 Å². The quantitative estimate of drug-likeness (QED) is 0.804. The van der Waals surface area contributed by atoms with Crippen LogP contribution in [0.1, 0.15) is 30.7 Å². The molecule has 0 bridgehead atoms. The van der Waals surface area contributed by atoms with E-state index in [1.807, 2.05) is 29.1 Å². The van der Waals surface area contributed by atoms with E-state index in [9.17, 15) is 5.11 Å². The van der Waals surface area contributed by atoms with Crippen LogP contribution in [0.3, 0.4) is 0 Å². The number of rotatable bonds is 3. The standard InChI is InChI=1S/C13H14BN3O/c14-10-7-16-17(8-10)11-5-9(6-11)13(18)12-3-1-2-4-15-12/h1-4,7-9,11,13,18H,5-6H2. The molecule has 1 N–H and O–H groups in total. The zero-order chi connectivity index (χ0) is 12.5.